The minimum atomic E-state index is -0.422. The van der Waals surface area contributed by atoms with Crippen molar-refractivity contribution in [3.8, 4) is 27.6 Å². The van der Waals surface area contributed by atoms with Gasteiger partial charge in [-0.3, -0.25) is 9.59 Å². The number of thiazole rings is 1. The van der Waals surface area contributed by atoms with E-state index in [0.29, 0.717) is 17.9 Å². The van der Waals surface area contributed by atoms with Crippen molar-refractivity contribution in [1.82, 2.24) is 10.3 Å². The molecule has 0 fully saturated rings. The van der Waals surface area contributed by atoms with E-state index in [1.54, 1.807) is 35.6 Å². The Morgan fingerprint density at radius 1 is 0.969 bits per heavy atom. The van der Waals surface area contributed by atoms with Crippen molar-refractivity contribution in [1.29, 1.82) is 0 Å². The largest absolute Gasteiger partial charge is 0.427 e. The number of hydrogen-bond acceptors (Lipinski definition) is 5. The normalized spacial score (nSPS) is 10.6. The molecule has 0 unspecified atom stereocenters. The third-order valence-corrected chi connectivity index (χ3v) is 5.75. The lowest BCUT2D eigenvalue weighted by Crippen LogP contribution is -2.22. The van der Waals surface area contributed by atoms with Crippen LogP contribution in [0.5, 0.6) is 5.75 Å². The summed E-state index contributed by atoms with van der Waals surface area (Å²) in [5, 5.41) is 5.92. The zero-order valence-corrected chi connectivity index (χ0v) is 18.6. The van der Waals surface area contributed by atoms with Crippen molar-refractivity contribution in [3.63, 3.8) is 0 Å². The van der Waals surface area contributed by atoms with Crippen molar-refractivity contribution in [2.24, 2.45) is 0 Å². The van der Waals surface area contributed by atoms with Crippen LogP contribution in [0.4, 0.5) is 0 Å². The van der Waals surface area contributed by atoms with Crippen molar-refractivity contribution in [2.45, 2.75) is 20.4 Å². The SMILES string of the molecule is CC(=O)Oc1cccc(C(=O)NCc2ccc(-c3nc(-c4ccc(C)cc4)cs3)cc2)c1. The third kappa shape index (κ3) is 5.28. The van der Waals surface area contributed by atoms with Crippen molar-refractivity contribution in [3.05, 3.63) is 94.9 Å². The predicted octanol–water partition coefficient (Wildman–Crippen LogP) is 5.64. The molecule has 160 valence electrons. The molecule has 0 bridgehead atoms. The fourth-order valence-electron chi connectivity index (χ4n) is 3.18. The Morgan fingerprint density at radius 2 is 1.69 bits per heavy atom. The molecule has 0 saturated carbocycles. The van der Waals surface area contributed by atoms with Crippen LogP contribution in [0.25, 0.3) is 21.8 Å². The summed E-state index contributed by atoms with van der Waals surface area (Å²) in [6.07, 6.45) is 0. The molecule has 6 heteroatoms. The minimum absolute atomic E-state index is 0.231. The number of aryl methyl sites for hydroxylation is 1. The summed E-state index contributed by atoms with van der Waals surface area (Å²) in [7, 11) is 0. The second kappa shape index (κ2) is 9.58. The predicted molar refractivity (Wildman–Crippen MR) is 127 cm³/mol. The monoisotopic (exact) mass is 442 g/mol. The average Bonchev–Trinajstić information content (AvgIpc) is 3.28. The molecule has 32 heavy (non-hydrogen) atoms. The van der Waals surface area contributed by atoms with Gasteiger partial charge in [0, 0.05) is 35.5 Å². The number of ether oxygens (including phenoxy) is 1. The molecule has 4 rings (SSSR count). The van der Waals surface area contributed by atoms with Gasteiger partial charge in [-0.25, -0.2) is 4.98 Å². The number of hydrogen-bond donors (Lipinski definition) is 1. The van der Waals surface area contributed by atoms with Gasteiger partial charge in [-0.1, -0.05) is 60.2 Å². The van der Waals surface area contributed by atoms with Crippen LogP contribution in [0.15, 0.2) is 78.2 Å². The number of carbonyl (C=O) groups excluding carboxylic acids is 2. The molecule has 0 aliphatic carbocycles. The topological polar surface area (TPSA) is 68.3 Å². The molecule has 0 radical (unpaired) electrons. The van der Waals surface area contributed by atoms with Crippen LogP contribution in [-0.4, -0.2) is 16.9 Å². The van der Waals surface area contributed by atoms with Gasteiger partial charge in [-0.2, -0.15) is 0 Å². The van der Waals surface area contributed by atoms with Gasteiger partial charge in [-0.05, 0) is 30.7 Å². The number of amides is 1. The number of aromatic nitrogens is 1. The second-order valence-corrected chi connectivity index (χ2v) is 8.26. The standard InChI is InChI=1S/C26H22N2O3S/c1-17-6-10-20(11-7-17)24-16-32-26(28-24)21-12-8-19(9-13-21)15-27-25(30)22-4-3-5-23(14-22)31-18(2)29/h3-14,16H,15H2,1-2H3,(H,27,30). The first-order valence-corrected chi connectivity index (χ1v) is 11.0. The zero-order valence-electron chi connectivity index (χ0n) is 17.8. The quantitative estimate of drug-likeness (QED) is 0.310. The minimum Gasteiger partial charge on any atom is -0.427 e. The maximum absolute atomic E-state index is 12.4. The van der Waals surface area contributed by atoms with Crippen LogP contribution >= 0.6 is 11.3 Å². The lowest BCUT2D eigenvalue weighted by Gasteiger charge is -2.07. The Morgan fingerprint density at radius 3 is 2.41 bits per heavy atom. The van der Waals surface area contributed by atoms with E-state index in [0.717, 1.165) is 27.4 Å². The van der Waals surface area contributed by atoms with E-state index < -0.39 is 5.97 Å². The number of esters is 1. The fraction of sp³-hybridized carbons (Fsp3) is 0.115. The number of rotatable bonds is 6. The molecule has 0 saturated heterocycles. The van der Waals surface area contributed by atoms with E-state index in [1.807, 2.05) is 24.3 Å². The summed E-state index contributed by atoms with van der Waals surface area (Å²) in [5.74, 6) is -0.303. The number of nitrogens with zero attached hydrogens (tertiary/aromatic N) is 1. The molecule has 1 aromatic heterocycles. The Hall–Kier alpha value is -3.77. The molecule has 3 aromatic carbocycles. The highest BCUT2D eigenvalue weighted by atomic mass is 32.1. The number of nitrogens with one attached hydrogen (secondary N) is 1. The molecule has 0 aliphatic rings. The van der Waals surface area contributed by atoms with Crippen LogP contribution in [0.1, 0.15) is 28.4 Å². The third-order valence-electron chi connectivity index (χ3n) is 4.86. The Balaban J connectivity index is 1.39. The van der Waals surface area contributed by atoms with E-state index in [1.165, 1.54) is 12.5 Å². The molecule has 5 nitrogen and oxygen atoms in total. The van der Waals surface area contributed by atoms with E-state index in [-0.39, 0.29) is 5.91 Å². The van der Waals surface area contributed by atoms with E-state index in [9.17, 15) is 9.59 Å². The summed E-state index contributed by atoms with van der Waals surface area (Å²) < 4.78 is 5.03. The summed E-state index contributed by atoms with van der Waals surface area (Å²) in [5.41, 5.74) is 5.76. The highest BCUT2D eigenvalue weighted by Crippen LogP contribution is 2.29. The Bertz CT molecular complexity index is 1240. The maximum Gasteiger partial charge on any atom is 0.308 e. The van der Waals surface area contributed by atoms with Crippen LogP contribution in [0.3, 0.4) is 0 Å². The number of carbonyl (C=O) groups is 2. The summed E-state index contributed by atoms with van der Waals surface area (Å²) in [4.78, 5) is 28.3. The zero-order chi connectivity index (χ0) is 22.5. The molecular formula is C26H22N2O3S. The fourth-order valence-corrected chi connectivity index (χ4v) is 4.01. The van der Waals surface area contributed by atoms with Crippen LogP contribution < -0.4 is 10.1 Å². The molecule has 0 atom stereocenters. The summed E-state index contributed by atoms with van der Waals surface area (Å²) in [6, 6.07) is 22.9. The van der Waals surface area contributed by atoms with Crippen LogP contribution in [0, 0.1) is 6.92 Å². The molecule has 0 spiro atoms. The highest BCUT2D eigenvalue weighted by Gasteiger charge is 2.09. The maximum atomic E-state index is 12.4. The molecule has 0 aliphatic heterocycles. The molecule has 1 amide bonds. The van der Waals surface area contributed by atoms with Crippen molar-refractivity contribution < 1.29 is 14.3 Å². The molecule has 1 heterocycles. The van der Waals surface area contributed by atoms with Gasteiger partial charge in [0.05, 0.1) is 5.69 Å². The van der Waals surface area contributed by atoms with Gasteiger partial charge in [0.1, 0.15) is 10.8 Å². The van der Waals surface area contributed by atoms with Gasteiger partial charge < -0.3 is 10.1 Å². The number of benzene rings is 3. The van der Waals surface area contributed by atoms with Gasteiger partial charge in [0.15, 0.2) is 0 Å². The average molecular weight is 443 g/mol. The van der Waals surface area contributed by atoms with E-state index >= 15 is 0 Å². The van der Waals surface area contributed by atoms with Crippen LogP contribution in [-0.2, 0) is 11.3 Å². The van der Waals surface area contributed by atoms with E-state index in [2.05, 4.69) is 41.9 Å². The molecule has 4 aromatic rings. The summed E-state index contributed by atoms with van der Waals surface area (Å²) >= 11 is 1.61. The first-order valence-electron chi connectivity index (χ1n) is 10.2. The van der Waals surface area contributed by atoms with Crippen molar-refractivity contribution in [2.75, 3.05) is 0 Å². The highest BCUT2D eigenvalue weighted by molar-refractivity contribution is 7.13. The lowest BCUT2D eigenvalue weighted by atomic mass is 10.1. The Labute approximate surface area is 190 Å². The van der Waals surface area contributed by atoms with Gasteiger partial charge >= 0.3 is 5.97 Å². The van der Waals surface area contributed by atoms with E-state index in [4.69, 9.17) is 9.72 Å². The Kier molecular flexibility index (Phi) is 6.42. The van der Waals surface area contributed by atoms with Crippen LogP contribution in [0.2, 0.25) is 0 Å². The van der Waals surface area contributed by atoms with Gasteiger partial charge in [-0.15, -0.1) is 11.3 Å². The van der Waals surface area contributed by atoms with Gasteiger partial charge in [0.2, 0.25) is 0 Å². The first-order chi connectivity index (χ1) is 15.5. The smallest absolute Gasteiger partial charge is 0.308 e. The summed E-state index contributed by atoms with van der Waals surface area (Å²) in [6.45, 7) is 3.79. The van der Waals surface area contributed by atoms with Gasteiger partial charge in [0.25, 0.3) is 5.91 Å². The molecule has 1 N–H and O–H groups in total. The van der Waals surface area contributed by atoms with Crippen molar-refractivity contribution >= 4 is 23.2 Å². The lowest BCUT2D eigenvalue weighted by molar-refractivity contribution is -0.131. The second-order valence-electron chi connectivity index (χ2n) is 7.41. The molecular weight excluding hydrogens is 420 g/mol. The first kappa shape index (κ1) is 21.5.